The number of hydrogen-bond acceptors (Lipinski definition) is 2. The van der Waals surface area contributed by atoms with Crippen molar-refractivity contribution >= 4 is 0 Å². The lowest BCUT2D eigenvalue weighted by Gasteiger charge is -2.06. The molecule has 1 aliphatic carbocycles. The molecule has 15 heavy (non-hydrogen) atoms. The van der Waals surface area contributed by atoms with Crippen molar-refractivity contribution in [2.45, 2.75) is 25.8 Å². The first-order valence-electron chi connectivity index (χ1n) is 5.07. The highest BCUT2D eigenvalue weighted by Gasteiger charge is 2.56. The topological polar surface area (TPSA) is 35.2 Å². The van der Waals surface area contributed by atoms with Gasteiger partial charge in [-0.3, -0.25) is 0 Å². The minimum Gasteiger partial charge on any atom is -0.494 e. The first-order valence-corrected chi connectivity index (χ1v) is 5.07. The molecular weight excluding hydrogens is 193 g/mol. The number of hydrogen-bond donors (Lipinski definition) is 1. The molecule has 2 N–H and O–H groups in total. The van der Waals surface area contributed by atoms with E-state index >= 15 is 0 Å². The fourth-order valence-electron chi connectivity index (χ4n) is 2.19. The molecule has 0 radical (unpaired) electrons. The minimum absolute atomic E-state index is 0.0844. The van der Waals surface area contributed by atoms with E-state index in [-0.39, 0.29) is 28.9 Å². The predicted octanol–water partition coefficient (Wildman–Crippen LogP) is 2.29. The molecule has 0 bridgehead atoms. The van der Waals surface area contributed by atoms with Gasteiger partial charge in [0.1, 0.15) is 0 Å². The lowest BCUT2D eigenvalue weighted by Crippen LogP contribution is -2.06. The van der Waals surface area contributed by atoms with Crippen LogP contribution in [-0.2, 0) is 0 Å². The van der Waals surface area contributed by atoms with Crippen molar-refractivity contribution in [1.29, 1.82) is 0 Å². The third kappa shape index (κ3) is 1.51. The van der Waals surface area contributed by atoms with Gasteiger partial charge in [-0.15, -0.1) is 0 Å². The second-order valence-corrected chi connectivity index (χ2v) is 4.72. The zero-order valence-corrected chi connectivity index (χ0v) is 9.25. The van der Waals surface area contributed by atoms with Crippen molar-refractivity contribution in [3.63, 3.8) is 0 Å². The molecule has 1 aromatic carbocycles. The van der Waals surface area contributed by atoms with Crippen LogP contribution in [0.3, 0.4) is 0 Å². The van der Waals surface area contributed by atoms with Crippen LogP contribution in [0, 0.1) is 11.2 Å². The van der Waals surface area contributed by atoms with Gasteiger partial charge >= 0.3 is 0 Å². The highest BCUT2D eigenvalue weighted by Crippen LogP contribution is 2.57. The predicted molar refractivity (Wildman–Crippen MR) is 57.4 cm³/mol. The van der Waals surface area contributed by atoms with Gasteiger partial charge in [0.05, 0.1) is 7.11 Å². The van der Waals surface area contributed by atoms with Crippen molar-refractivity contribution in [3.8, 4) is 5.75 Å². The fourth-order valence-corrected chi connectivity index (χ4v) is 2.19. The van der Waals surface area contributed by atoms with E-state index in [2.05, 4.69) is 13.8 Å². The van der Waals surface area contributed by atoms with Crippen LogP contribution in [0.2, 0.25) is 0 Å². The van der Waals surface area contributed by atoms with Gasteiger partial charge in [-0.25, -0.2) is 4.39 Å². The standard InChI is InChI=1S/C12H16FNO/c1-12(2)10(11(12)14)7-4-5-9(15-3)8(13)6-7/h4-6,10-11H,14H2,1-3H3/t10-,11-/m1/s1. The van der Waals surface area contributed by atoms with Gasteiger partial charge in [0.15, 0.2) is 11.6 Å². The Hall–Kier alpha value is -1.09. The SMILES string of the molecule is COc1ccc([C@@H]2[C@@H](N)C2(C)C)cc1F. The van der Waals surface area contributed by atoms with Gasteiger partial charge in [-0.1, -0.05) is 19.9 Å². The summed E-state index contributed by atoms with van der Waals surface area (Å²) in [7, 11) is 1.46. The molecular formula is C12H16FNO. The average molecular weight is 209 g/mol. The van der Waals surface area contributed by atoms with E-state index in [1.807, 2.05) is 6.07 Å². The maximum atomic E-state index is 13.5. The second kappa shape index (κ2) is 3.20. The summed E-state index contributed by atoms with van der Waals surface area (Å²) in [6, 6.07) is 5.20. The summed E-state index contributed by atoms with van der Waals surface area (Å²) >= 11 is 0. The van der Waals surface area contributed by atoms with Crippen LogP contribution in [0.15, 0.2) is 18.2 Å². The molecule has 3 heteroatoms. The zero-order valence-electron chi connectivity index (χ0n) is 9.25. The summed E-state index contributed by atoms with van der Waals surface area (Å²) in [6.45, 7) is 4.20. The minimum atomic E-state index is -0.315. The van der Waals surface area contributed by atoms with E-state index in [1.54, 1.807) is 6.07 Å². The van der Waals surface area contributed by atoms with Crippen LogP contribution in [0.5, 0.6) is 5.75 Å². The number of methoxy groups -OCH3 is 1. The van der Waals surface area contributed by atoms with Crippen molar-refractivity contribution in [1.82, 2.24) is 0 Å². The molecule has 0 spiro atoms. The third-order valence-electron chi connectivity index (χ3n) is 3.45. The molecule has 2 atom stereocenters. The lowest BCUT2D eigenvalue weighted by molar-refractivity contribution is 0.386. The van der Waals surface area contributed by atoms with Gasteiger partial charge in [-0.05, 0) is 23.1 Å². The first-order chi connectivity index (χ1) is 6.98. The monoisotopic (exact) mass is 209 g/mol. The van der Waals surface area contributed by atoms with Gasteiger partial charge in [0.2, 0.25) is 0 Å². The summed E-state index contributed by atoms with van der Waals surface area (Å²) in [5, 5.41) is 0. The zero-order chi connectivity index (χ0) is 11.2. The molecule has 1 fully saturated rings. The number of benzene rings is 1. The molecule has 1 aromatic rings. The Morgan fingerprint density at radius 2 is 2.00 bits per heavy atom. The third-order valence-corrected chi connectivity index (χ3v) is 3.45. The second-order valence-electron chi connectivity index (χ2n) is 4.72. The molecule has 0 unspecified atom stereocenters. The highest BCUT2D eigenvalue weighted by molar-refractivity contribution is 5.38. The number of nitrogens with two attached hydrogens (primary N) is 1. The van der Waals surface area contributed by atoms with E-state index in [0.29, 0.717) is 0 Å². The van der Waals surface area contributed by atoms with E-state index in [9.17, 15) is 4.39 Å². The average Bonchev–Trinajstić information content (AvgIpc) is 2.66. The molecule has 0 aromatic heterocycles. The molecule has 82 valence electrons. The summed E-state index contributed by atoms with van der Waals surface area (Å²) in [5.41, 5.74) is 6.99. The number of rotatable bonds is 2. The Labute approximate surface area is 89.2 Å². The Balaban J connectivity index is 2.29. The van der Waals surface area contributed by atoms with Gasteiger partial charge < -0.3 is 10.5 Å². The highest BCUT2D eigenvalue weighted by atomic mass is 19.1. The van der Waals surface area contributed by atoms with Crippen molar-refractivity contribution in [2.75, 3.05) is 7.11 Å². The number of ether oxygens (including phenoxy) is 1. The van der Waals surface area contributed by atoms with Crippen molar-refractivity contribution in [2.24, 2.45) is 11.1 Å². The summed E-state index contributed by atoms with van der Waals surface area (Å²) in [4.78, 5) is 0. The Morgan fingerprint density at radius 1 is 1.40 bits per heavy atom. The normalized spacial score (nSPS) is 27.5. The van der Waals surface area contributed by atoms with Crippen LogP contribution in [-0.4, -0.2) is 13.2 Å². The summed E-state index contributed by atoms with van der Waals surface area (Å²) < 4.78 is 18.3. The Bertz CT molecular complexity index is 389. The van der Waals surface area contributed by atoms with Crippen LogP contribution in [0.25, 0.3) is 0 Å². The maximum absolute atomic E-state index is 13.5. The molecule has 0 heterocycles. The molecule has 1 aliphatic rings. The molecule has 2 rings (SSSR count). The van der Waals surface area contributed by atoms with E-state index in [4.69, 9.17) is 10.5 Å². The van der Waals surface area contributed by atoms with Crippen molar-refractivity contribution < 1.29 is 9.13 Å². The Kier molecular flexibility index (Phi) is 2.23. The first kappa shape index (κ1) is 10.4. The van der Waals surface area contributed by atoms with Crippen LogP contribution in [0.1, 0.15) is 25.3 Å². The largest absolute Gasteiger partial charge is 0.494 e. The molecule has 2 nitrogen and oxygen atoms in total. The van der Waals surface area contributed by atoms with Crippen LogP contribution < -0.4 is 10.5 Å². The van der Waals surface area contributed by atoms with E-state index < -0.39 is 0 Å². The summed E-state index contributed by atoms with van der Waals surface area (Å²) in [6.07, 6.45) is 0. The molecule has 0 amide bonds. The van der Waals surface area contributed by atoms with Crippen molar-refractivity contribution in [3.05, 3.63) is 29.6 Å². The van der Waals surface area contributed by atoms with Crippen LogP contribution in [0.4, 0.5) is 4.39 Å². The van der Waals surface area contributed by atoms with Crippen LogP contribution >= 0.6 is 0 Å². The van der Waals surface area contributed by atoms with Gasteiger partial charge in [-0.2, -0.15) is 0 Å². The van der Waals surface area contributed by atoms with E-state index in [1.165, 1.54) is 13.2 Å². The molecule has 0 saturated heterocycles. The number of halogens is 1. The maximum Gasteiger partial charge on any atom is 0.165 e. The van der Waals surface area contributed by atoms with Gasteiger partial charge in [0, 0.05) is 12.0 Å². The smallest absolute Gasteiger partial charge is 0.165 e. The van der Waals surface area contributed by atoms with E-state index in [0.717, 1.165) is 5.56 Å². The fraction of sp³-hybridized carbons (Fsp3) is 0.500. The quantitative estimate of drug-likeness (QED) is 0.811. The lowest BCUT2D eigenvalue weighted by atomic mass is 10.0. The van der Waals surface area contributed by atoms with Gasteiger partial charge in [0.25, 0.3) is 0 Å². The molecule has 0 aliphatic heterocycles. The molecule has 1 saturated carbocycles. The Morgan fingerprint density at radius 3 is 2.40 bits per heavy atom. The summed E-state index contributed by atoms with van der Waals surface area (Å²) in [5.74, 6) is 0.230.